The molecule has 0 saturated carbocycles. The maximum Gasteiger partial charge on any atom is 0.339 e. The van der Waals surface area contributed by atoms with Gasteiger partial charge in [0.05, 0.1) is 31.2 Å². The van der Waals surface area contributed by atoms with Crippen LogP contribution >= 0.6 is 0 Å². The van der Waals surface area contributed by atoms with Gasteiger partial charge < -0.3 is 19.3 Å². The Hall–Kier alpha value is -1.63. The van der Waals surface area contributed by atoms with Crippen molar-refractivity contribution in [1.29, 1.82) is 0 Å². The van der Waals surface area contributed by atoms with Crippen LogP contribution in [0.1, 0.15) is 133 Å². The molecule has 218 valence electrons. The van der Waals surface area contributed by atoms with Crippen LogP contribution in [0.15, 0.2) is 0 Å². The first-order valence-electron chi connectivity index (χ1n) is 14.5. The van der Waals surface area contributed by atoms with Gasteiger partial charge in [-0.3, -0.25) is 9.59 Å². The molecule has 0 aromatic carbocycles. The molecule has 0 saturated heterocycles. The zero-order chi connectivity index (χ0) is 28.6. The molecule has 0 aliphatic rings. The van der Waals surface area contributed by atoms with E-state index in [0.717, 1.165) is 38.5 Å². The molecule has 0 aliphatic heterocycles. The number of carbonyl (C=O) groups is 3. The van der Waals surface area contributed by atoms with Gasteiger partial charge in [0, 0.05) is 0 Å². The van der Waals surface area contributed by atoms with Crippen molar-refractivity contribution < 1.29 is 33.7 Å². The van der Waals surface area contributed by atoms with E-state index in [9.17, 15) is 19.5 Å². The smallest absolute Gasteiger partial charge is 0.339 e. The summed E-state index contributed by atoms with van der Waals surface area (Å²) in [6.45, 7) is 18.1. The summed E-state index contributed by atoms with van der Waals surface area (Å²) >= 11 is 0. The minimum atomic E-state index is -2.34. The van der Waals surface area contributed by atoms with Gasteiger partial charge in [0.15, 0.2) is 5.60 Å². The maximum absolute atomic E-state index is 13.0. The summed E-state index contributed by atoms with van der Waals surface area (Å²) in [6, 6.07) is 0. The van der Waals surface area contributed by atoms with Crippen molar-refractivity contribution in [3.63, 3.8) is 0 Å². The van der Waals surface area contributed by atoms with E-state index in [0.29, 0.717) is 37.0 Å². The van der Waals surface area contributed by atoms with Crippen molar-refractivity contribution in [3.8, 4) is 0 Å². The minimum Gasteiger partial charge on any atom is -0.463 e. The average Bonchev–Trinajstić information content (AvgIpc) is 2.72. The van der Waals surface area contributed by atoms with Crippen LogP contribution in [0.3, 0.4) is 0 Å². The molecule has 3 unspecified atom stereocenters. The van der Waals surface area contributed by atoms with Crippen molar-refractivity contribution in [2.75, 3.05) is 0 Å². The molecule has 0 spiro atoms. The predicted octanol–water partition coefficient (Wildman–Crippen LogP) is 6.77. The van der Waals surface area contributed by atoms with Gasteiger partial charge in [-0.15, -0.1) is 0 Å². The maximum atomic E-state index is 13.0. The van der Waals surface area contributed by atoms with Gasteiger partial charge in [0.25, 0.3) is 0 Å². The fraction of sp³-hybridized carbons (Fsp3) is 0.900. The van der Waals surface area contributed by atoms with Crippen LogP contribution in [-0.2, 0) is 28.6 Å². The van der Waals surface area contributed by atoms with Crippen LogP contribution in [0.25, 0.3) is 0 Å². The summed E-state index contributed by atoms with van der Waals surface area (Å²) in [5.74, 6) is -0.801. The summed E-state index contributed by atoms with van der Waals surface area (Å²) in [7, 11) is 0. The number of esters is 3. The van der Waals surface area contributed by atoms with Crippen molar-refractivity contribution in [2.24, 2.45) is 17.8 Å². The first kappa shape index (κ1) is 35.4. The Balaban J connectivity index is 5.21. The summed E-state index contributed by atoms with van der Waals surface area (Å²) in [6.07, 6.45) is 5.28. The van der Waals surface area contributed by atoms with Crippen molar-refractivity contribution in [2.45, 2.75) is 157 Å². The number of hydrogen-bond donors (Lipinski definition) is 1. The second-order valence-corrected chi connectivity index (χ2v) is 12.2. The Kier molecular flexibility index (Phi) is 17.8. The predicted molar refractivity (Wildman–Crippen MR) is 147 cm³/mol. The molecule has 0 rings (SSSR count). The fourth-order valence-electron chi connectivity index (χ4n) is 4.13. The molecular formula is C30H56O7. The van der Waals surface area contributed by atoms with Gasteiger partial charge in [0.1, 0.15) is 0 Å². The third kappa shape index (κ3) is 18.3. The van der Waals surface area contributed by atoms with Crippen LogP contribution < -0.4 is 0 Å². The second-order valence-electron chi connectivity index (χ2n) is 12.2. The molecular weight excluding hydrogens is 472 g/mol. The third-order valence-electron chi connectivity index (χ3n) is 6.40. The van der Waals surface area contributed by atoms with E-state index in [2.05, 4.69) is 41.5 Å². The van der Waals surface area contributed by atoms with Crippen molar-refractivity contribution in [1.82, 2.24) is 0 Å². The largest absolute Gasteiger partial charge is 0.463 e. The van der Waals surface area contributed by atoms with Crippen LogP contribution in [0.2, 0.25) is 0 Å². The number of hydrogen-bond acceptors (Lipinski definition) is 7. The average molecular weight is 529 g/mol. The zero-order valence-electron chi connectivity index (χ0n) is 25.1. The van der Waals surface area contributed by atoms with Gasteiger partial charge >= 0.3 is 17.9 Å². The Labute approximate surface area is 226 Å². The standard InChI is InChI=1S/C30H56O7/c1-21(2)13-10-16-24(7)35-27(31)19-30(34,29(33)37-26(9)18-12-15-23(5)6)20-28(32)36-25(8)17-11-14-22(3)4/h21-26,34H,10-20H2,1-9H3. The van der Waals surface area contributed by atoms with Gasteiger partial charge in [-0.1, -0.05) is 60.8 Å². The summed E-state index contributed by atoms with van der Waals surface area (Å²) in [5.41, 5.74) is -2.34. The molecule has 7 heteroatoms. The van der Waals surface area contributed by atoms with E-state index in [1.165, 1.54) is 0 Å². The second kappa shape index (κ2) is 18.6. The van der Waals surface area contributed by atoms with E-state index in [1.54, 1.807) is 20.8 Å². The normalized spacial score (nSPS) is 15.8. The Morgan fingerprint density at radius 2 is 0.838 bits per heavy atom. The van der Waals surface area contributed by atoms with Crippen molar-refractivity contribution in [3.05, 3.63) is 0 Å². The first-order valence-corrected chi connectivity index (χ1v) is 14.5. The zero-order valence-corrected chi connectivity index (χ0v) is 25.1. The lowest BCUT2D eigenvalue weighted by atomic mass is 9.95. The van der Waals surface area contributed by atoms with Gasteiger partial charge in [-0.2, -0.15) is 0 Å². The molecule has 0 aromatic rings. The lowest BCUT2D eigenvalue weighted by Gasteiger charge is -2.27. The molecule has 0 radical (unpaired) electrons. The Morgan fingerprint density at radius 3 is 1.14 bits per heavy atom. The molecule has 0 aromatic heterocycles. The van der Waals surface area contributed by atoms with Crippen LogP contribution in [0, 0.1) is 17.8 Å². The lowest BCUT2D eigenvalue weighted by molar-refractivity contribution is -0.183. The number of ether oxygens (including phenoxy) is 3. The van der Waals surface area contributed by atoms with Crippen LogP contribution in [-0.4, -0.2) is 46.9 Å². The molecule has 0 amide bonds. The molecule has 1 N–H and O–H groups in total. The molecule has 0 heterocycles. The van der Waals surface area contributed by atoms with Crippen LogP contribution in [0.5, 0.6) is 0 Å². The topological polar surface area (TPSA) is 99.1 Å². The van der Waals surface area contributed by atoms with E-state index in [4.69, 9.17) is 14.2 Å². The number of carbonyl (C=O) groups excluding carboxylic acids is 3. The van der Waals surface area contributed by atoms with E-state index in [1.807, 2.05) is 0 Å². The van der Waals surface area contributed by atoms with Crippen LogP contribution in [0.4, 0.5) is 0 Å². The summed E-state index contributed by atoms with van der Waals surface area (Å²) in [4.78, 5) is 38.4. The molecule has 37 heavy (non-hydrogen) atoms. The molecule has 7 nitrogen and oxygen atoms in total. The summed E-state index contributed by atoms with van der Waals surface area (Å²) < 4.78 is 16.4. The molecule has 3 atom stereocenters. The molecule has 0 fully saturated rings. The highest BCUT2D eigenvalue weighted by Gasteiger charge is 2.44. The highest BCUT2D eigenvalue weighted by atomic mass is 16.6. The van der Waals surface area contributed by atoms with Crippen molar-refractivity contribution >= 4 is 17.9 Å². The van der Waals surface area contributed by atoms with Gasteiger partial charge in [-0.25, -0.2) is 4.79 Å². The quantitative estimate of drug-likeness (QED) is 0.137. The van der Waals surface area contributed by atoms with E-state index >= 15 is 0 Å². The van der Waals surface area contributed by atoms with E-state index in [-0.39, 0.29) is 12.2 Å². The van der Waals surface area contributed by atoms with Gasteiger partial charge in [0.2, 0.25) is 0 Å². The highest BCUT2D eigenvalue weighted by Crippen LogP contribution is 2.24. The monoisotopic (exact) mass is 528 g/mol. The van der Waals surface area contributed by atoms with Gasteiger partial charge in [-0.05, 0) is 77.0 Å². The highest BCUT2D eigenvalue weighted by molar-refractivity contribution is 5.90. The SMILES string of the molecule is CC(C)CCCC(C)OC(=O)CC(O)(CC(=O)OC(C)CCCC(C)C)C(=O)OC(C)CCCC(C)C. The Morgan fingerprint density at radius 1 is 0.541 bits per heavy atom. The molecule has 0 aliphatic carbocycles. The first-order chi connectivity index (χ1) is 17.1. The Bertz CT molecular complexity index is 620. The van der Waals surface area contributed by atoms with E-state index < -0.39 is 42.5 Å². The summed E-state index contributed by atoms with van der Waals surface area (Å²) in [5, 5.41) is 11.2. The molecule has 0 bridgehead atoms. The lowest BCUT2D eigenvalue weighted by Crippen LogP contribution is -2.46. The minimum absolute atomic E-state index is 0.352. The fourth-order valence-corrected chi connectivity index (χ4v) is 4.13. The number of rotatable bonds is 20. The number of aliphatic hydroxyl groups is 1. The third-order valence-corrected chi connectivity index (χ3v) is 6.40.